The Morgan fingerprint density at radius 1 is 0.962 bits per heavy atom. The minimum absolute atomic E-state index is 0. The summed E-state index contributed by atoms with van der Waals surface area (Å²) in [6.45, 7) is 18.7. The van der Waals surface area contributed by atoms with Crippen LogP contribution in [0.4, 0.5) is 0 Å². The predicted octanol–water partition coefficient (Wildman–Crippen LogP) is 8.83. The molecule has 0 heterocycles. The molecule has 0 radical (unpaired) electrons. The second kappa shape index (κ2) is 7.84. The molecule has 26 heavy (non-hydrogen) atoms. The first-order valence-corrected chi connectivity index (χ1v) is 10.7. The highest BCUT2D eigenvalue weighted by molar-refractivity contribution is 5.30. The molecule has 0 nitrogen and oxygen atoms in total. The molecule has 6 atom stereocenters. The van der Waals surface area contributed by atoms with Crippen LogP contribution in [-0.2, 0) is 0 Å². The summed E-state index contributed by atoms with van der Waals surface area (Å²) < 4.78 is 0. The van der Waals surface area contributed by atoms with Crippen molar-refractivity contribution in [3.63, 3.8) is 0 Å². The Bertz CT molecular complexity index is 540. The van der Waals surface area contributed by atoms with Crippen LogP contribution in [0.1, 0.15) is 108 Å². The van der Waals surface area contributed by atoms with Crippen molar-refractivity contribution in [3.05, 3.63) is 23.8 Å². The Kier molecular flexibility index (Phi) is 7.10. The van der Waals surface area contributed by atoms with Crippen molar-refractivity contribution in [2.24, 2.45) is 34.0 Å². The van der Waals surface area contributed by atoms with Gasteiger partial charge in [-0.3, -0.25) is 0 Å². The lowest BCUT2D eigenvalue weighted by molar-refractivity contribution is -0.0783. The minimum Gasteiger partial charge on any atom is -0.0993 e. The van der Waals surface area contributed by atoms with Gasteiger partial charge in [-0.25, -0.2) is 0 Å². The molecule has 0 heteroatoms. The van der Waals surface area contributed by atoms with E-state index in [9.17, 15) is 0 Å². The van der Waals surface area contributed by atoms with Gasteiger partial charge in [0.2, 0.25) is 0 Å². The smallest absolute Gasteiger partial charge is 0.00622 e. The van der Waals surface area contributed by atoms with Crippen molar-refractivity contribution < 1.29 is 0 Å². The van der Waals surface area contributed by atoms with Gasteiger partial charge in [-0.15, -0.1) is 0 Å². The van der Waals surface area contributed by atoms with Gasteiger partial charge in [0.25, 0.3) is 0 Å². The number of rotatable bonds is 0. The molecule has 0 aromatic heterocycles. The quantitative estimate of drug-likeness (QED) is 0.378. The highest BCUT2D eigenvalue weighted by Gasteiger charge is 2.62. The molecule has 0 aliphatic heterocycles. The van der Waals surface area contributed by atoms with E-state index in [-0.39, 0.29) is 14.9 Å². The van der Waals surface area contributed by atoms with Crippen LogP contribution in [0.2, 0.25) is 0 Å². The fourth-order valence-corrected chi connectivity index (χ4v) is 7.13. The molecule has 0 aromatic rings. The van der Waals surface area contributed by atoms with Crippen LogP contribution in [0.15, 0.2) is 23.8 Å². The molecule has 4 aliphatic rings. The Morgan fingerprint density at radius 2 is 1.62 bits per heavy atom. The minimum atomic E-state index is 0. The standard InChI is InChI=1S/C22H34.C2H6.2CH4/c1-15-8-11-20(3)17(14-15)6-7-19-18(20)10-13-21(4)16(2)9-12-22(19,21)5;1-2;;/h6,15,18-19H,2,7-14H2,1,3-5H3;1-2H3;2*1H4. The lowest BCUT2D eigenvalue weighted by Crippen LogP contribution is -2.53. The van der Waals surface area contributed by atoms with Gasteiger partial charge in [0.1, 0.15) is 0 Å². The van der Waals surface area contributed by atoms with E-state index in [0.717, 1.165) is 17.8 Å². The van der Waals surface area contributed by atoms with E-state index in [1.54, 1.807) is 5.57 Å². The molecule has 3 fully saturated rings. The Labute approximate surface area is 165 Å². The maximum absolute atomic E-state index is 4.49. The molecule has 6 unspecified atom stereocenters. The zero-order valence-corrected chi connectivity index (χ0v) is 17.2. The summed E-state index contributed by atoms with van der Waals surface area (Å²) in [7, 11) is 0. The first-order chi connectivity index (χ1) is 11.3. The first-order valence-electron chi connectivity index (χ1n) is 10.7. The van der Waals surface area contributed by atoms with Gasteiger partial charge in [-0.1, -0.05) is 80.2 Å². The van der Waals surface area contributed by atoms with Crippen molar-refractivity contribution in [1.82, 2.24) is 0 Å². The lowest BCUT2D eigenvalue weighted by atomic mass is 9.43. The molecule has 0 amide bonds. The van der Waals surface area contributed by atoms with E-state index in [0.29, 0.717) is 16.2 Å². The van der Waals surface area contributed by atoms with Crippen LogP contribution in [0.5, 0.6) is 0 Å². The Hall–Kier alpha value is -0.520. The number of hydrogen-bond donors (Lipinski definition) is 0. The van der Waals surface area contributed by atoms with Gasteiger partial charge in [-0.05, 0) is 85.4 Å². The summed E-state index contributed by atoms with van der Waals surface area (Å²) in [6, 6.07) is 0. The van der Waals surface area contributed by atoms with Crippen molar-refractivity contribution in [2.45, 2.75) is 108 Å². The zero-order chi connectivity index (χ0) is 17.8. The van der Waals surface area contributed by atoms with Crippen LogP contribution >= 0.6 is 0 Å². The summed E-state index contributed by atoms with van der Waals surface area (Å²) in [4.78, 5) is 0. The van der Waals surface area contributed by atoms with E-state index in [1.165, 1.54) is 51.4 Å². The molecular formula is C26H48. The largest absolute Gasteiger partial charge is 0.0993 e. The summed E-state index contributed by atoms with van der Waals surface area (Å²) in [5.41, 5.74) is 4.82. The second-order valence-electron chi connectivity index (χ2n) is 9.84. The van der Waals surface area contributed by atoms with Crippen LogP contribution in [0, 0.1) is 34.0 Å². The van der Waals surface area contributed by atoms with Crippen LogP contribution in [-0.4, -0.2) is 0 Å². The third kappa shape index (κ3) is 2.94. The molecular weight excluding hydrogens is 312 g/mol. The first kappa shape index (κ1) is 23.5. The van der Waals surface area contributed by atoms with Gasteiger partial charge < -0.3 is 0 Å². The average Bonchev–Trinajstić information content (AvgIpc) is 2.82. The van der Waals surface area contributed by atoms with E-state index < -0.39 is 0 Å². The number of hydrogen-bond acceptors (Lipinski definition) is 0. The van der Waals surface area contributed by atoms with Gasteiger partial charge in [0.05, 0.1) is 0 Å². The SMILES string of the molecule is C.C.C=C1CCC2(C)C3CC=C4CC(C)CCC4(C)C3CCC12C.CC. The van der Waals surface area contributed by atoms with Crippen LogP contribution in [0.3, 0.4) is 0 Å². The normalized spacial score (nSPS) is 46.2. The van der Waals surface area contributed by atoms with Crippen LogP contribution in [0.25, 0.3) is 0 Å². The molecule has 0 saturated heterocycles. The van der Waals surface area contributed by atoms with Crippen LogP contribution < -0.4 is 0 Å². The molecule has 3 saturated carbocycles. The zero-order valence-electron chi connectivity index (χ0n) is 17.2. The maximum atomic E-state index is 4.49. The van der Waals surface area contributed by atoms with E-state index in [2.05, 4.69) is 40.3 Å². The summed E-state index contributed by atoms with van der Waals surface area (Å²) in [5.74, 6) is 2.74. The summed E-state index contributed by atoms with van der Waals surface area (Å²) in [5, 5.41) is 0. The Morgan fingerprint density at radius 3 is 2.27 bits per heavy atom. The average molecular weight is 361 g/mol. The van der Waals surface area contributed by atoms with Crippen molar-refractivity contribution in [1.29, 1.82) is 0 Å². The third-order valence-electron chi connectivity index (χ3n) is 9.14. The maximum Gasteiger partial charge on any atom is -0.00622 e. The van der Waals surface area contributed by atoms with Crippen molar-refractivity contribution in [2.75, 3.05) is 0 Å². The summed E-state index contributed by atoms with van der Waals surface area (Å²) >= 11 is 0. The predicted molar refractivity (Wildman–Crippen MR) is 119 cm³/mol. The molecule has 0 N–H and O–H groups in total. The molecule has 152 valence electrons. The van der Waals surface area contributed by atoms with Gasteiger partial charge in [0.15, 0.2) is 0 Å². The second-order valence-corrected chi connectivity index (χ2v) is 9.84. The monoisotopic (exact) mass is 360 g/mol. The molecule has 0 aromatic carbocycles. The number of allylic oxidation sites excluding steroid dienone is 3. The molecule has 4 aliphatic carbocycles. The van der Waals surface area contributed by atoms with Gasteiger partial charge >= 0.3 is 0 Å². The van der Waals surface area contributed by atoms with E-state index >= 15 is 0 Å². The van der Waals surface area contributed by atoms with E-state index in [4.69, 9.17) is 0 Å². The highest BCUT2D eigenvalue weighted by Crippen LogP contribution is 2.71. The highest BCUT2D eigenvalue weighted by atomic mass is 14.7. The topological polar surface area (TPSA) is 0 Å². The molecule has 4 rings (SSSR count). The summed E-state index contributed by atoms with van der Waals surface area (Å²) in [6.07, 6.45) is 13.8. The molecule has 0 bridgehead atoms. The number of fused-ring (bicyclic) bond motifs is 5. The van der Waals surface area contributed by atoms with Gasteiger partial charge in [-0.2, -0.15) is 0 Å². The fourth-order valence-electron chi connectivity index (χ4n) is 7.13. The molecule has 0 spiro atoms. The van der Waals surface area contributed by atoms with Crippen molar-refractivity contribution >= 4 is 0 Å². The Balaban J connectivity index is 0.000000818. The lowest BCUT2D eigenvalue weighted by Gasteiger charge is -2.61. The third-order valence-corrected chi connectivity index (χ3v) is 9.14. The van der Waals surface area contributed by atoms with Crippen molar-refractivity contribution in [3.8, 4) is 0 Å². The fraction of sp³-hybridized carbons (Fsp3) is 0.846. The van der Waals surface area contributed by atoms with Gasteiger partial charge in [0, 0.05) is 0 Å². The van der Waals surface area contributed by atoms with E-state index in [1.807, 2.05) is 19.4 Å².